The first-order chi connectivity index (χ1) is 44.1. The number of aromatic nitrogens is 6. The van der Waals surface area contributed by atoms with E-state index >= 15 is 0 Å². The number of hydrogen-bond donors (Lipinski definition) is 10. The maximum absolute atomic E-state index is 13.3. The molecule has 0 saturated heterocycles. The summed E-state index contributed by atoms with van der Waals surface area (Å²) < 4.78 is 85.3. The van der Waals surface area contributed by atoms with Crippen LogP contribution in [0.15, 0.2) is 92.2 Å². The number of benzene rings is 1. The van der Waals surface area contributed by atoms with Crippen molar-refractivity contribution >= 4 is 129 Å². The van der Waals surface area contributed by atoms with Crippen LogP contribution in [0.1, 0.15) is 111 Å². The number of rotatable bonds is 26. The first-order valence-corrected chi connectivity index (χ1v) is 35.4. The van der Waals surface area contributed by atoms with Crippen LogP contribution in [0.4, 0.5) is 17.5 Å². The maximum atomic E-state index is 13.3. The van der Waals surface area contributed by atoms with E-state index in [1.807, 2.05) is 6.07 Å². The largest absolute Gasteiger partial charge is 0.393 e. The fourth-order valence-electron chi connectivity index (χ4n) is 10.3. The average molecular weight is 1440 g/mol. The number of nitrogens with two attached hydrogens (primary N) is 3. The van der Waals surface area contributed by atoms with Crippen molar-refractivity contribution < 1.29 is 82.1 Å². The Morgan fingerprint density at radius 1 is 0.538 bits per heavy atom. The Kier molecular flexibility index (Phi) is 25.2. The molecule has 0 spiro atoms. The lowest BCUT2D eigenvalue weighted by atomic mass is 10.0. The van der Waals surface area contributed by atoms with Crippen LogP contribution in [-0.2, 0) is 61.4 Å². The summed E-state index contributed by atoms with van der Waals surface area (Å²) >= 11 is 15.7. The molecule has 13 N–H and O–H groups in total. The number of halogens is 2. The minimum Gasteiger partial charge on any atom is -0.393 e. The van der Waals surface area contributed by atoms with Crippen LogP contribution in [0.25, 0.3) is 0 Å². The Morgan fingerprint density at radius 3 is 1.32 bits per heavy atom. The molecule has 0 amide bonds. The molecule has 1 aromatic carbocycles. The molecule has 10 rings (SSSR count). The number of hydrogen-bond acceptors (Lipinski definition) is 30. The lowest BCUT2D eigenvalue weighted by Crippen LogP contribution is -2.24. The highest BCUT2D eigenvalue weighted by Gasteiger charge is 2.38. The lowest BCUT2D eigenvalue weighted by molar-refractivity contribution is 0.100. The summed E-state index contributed by atoms with van der Waals surface area (Å²) in [4.78, 5) is 78.2. The molecule has 7 aromatic rings. The number of nitrogens with zero attached hydrogens (tertiary/aromatic N) is 6. The highest BCUT2D eigenvalue weighted by Crippen LogP contribution is 2.37. The molecule has 0 unspecified atom stereocenters. The van der Waals surface area contributed by atoms with Crippen LogP contribution in [0.5, 0.6) is 0 Å². The van der Waals surface area contributed by atoms with E-state index < -0.39 is 72.8 Å². The van der Waals surface area contributed by atoms with E-state index in [1.54, 1.807) is 43.5 Å². The van der Waals surface area contributed by atoms with Crippen molar-refractivity contribution in [3.63, 3.8) is 0 Å². The fraction of sp³-hybridized carbons (Fsp3) is 0.382. The summed E-state index contributed by atoms with van der Waals surface area (Å²) in [7, 11) is -10.7. The van der Waals surface area contributed by atoms with Gasteiger partial charge in [-0.15, -0.1) is 34.0 Å². The van der Waals surface area contributed by atoms with Crippen molar-refractivity contribution in [2.45, 2.75) is 88.2 Å². The van der Waals surface area contributed by atoms with E-state index in [9.17, 15) is 64.9 Å². The number of methoxy groups -OCH3 is 1. The van der Waals surface area contributed by atoms with Crippen LogP contribution in [0, 0.1) is 17.8 Å². The van der Waals surface area contributed by atoms with Crippen LogP contribution >= 0.6 is 57.2 Å². The summed E-state index contributed by atoms with van der Waals surface area (Å²) in [6.45, 7) is -0.534. The van der Waals surface area contributed by atoms with Gasteiger partial charge in [-0.25, -0.2) is 45.3 Å². The van der Waals surface area contributed by atoms with Gasteiger partial charge in [-0.1, -0.05) is 53.5 Å². The van der Waals surface area contributed by atoms with E-state index in [4.69, 9.17) is 43.4 Å². The molecule has 0 bridgehead atoms. The smallest absolute Gasteiger partial charge is 0.333 e. The number of ether oxygens (including phenoxy) is 1. The zero-order valence-corrected chi connectivity index (χ0v) is 55.2. The fourth-order valence-corrected chi connectivity index (χ4v) is 14.7. The quantitative estimate of drug-likeness (QED) is 0.0345. The molecule has 6 heterocycles. The minimum atomic E-state index is -4.12. The SMILES string of the molecule is COCc1ccc(C(=O)c2cncnc2N[C@@H]2C[C@H](COS(N)(=O)=O)[C@@H](O)C2)s1.NS(=O)(=O)OC[C@H]1C[C@@H](Nc2ncncc2C(=O)c2cc(C(=O)c3ccccc3)c(Cl)s2)C[C@@H]1O.NS(=O)(=O)OC[C@H]1C[C@@H](Nc2ncncc2C(=O)c2cc(CO)c(Cl)s2)C[C@@H]1O. The number of carbonyl (C=O) groups is 4. The van der Waals surface area contributed by atoms with Gasteiger partial charge in [0.2, 0.25) is 17.3 Å². The summed E-state index contributed by atoms with van der Waals surface area (Å²) in [5, 5.41) is 63.8. The van der Waals surface area contributed by atoms with Gasteiger partial charge in [0.15, 0.2) is 5.78 Å². The van der Waals surface area contributed by atoms with Crippen LogP contribution in [-0.4, -0.2) is 162 Å². The minimum absolute atomic E-state index is 0.169. The number of aliphatic hydroxyl groups is 4. The van der Waals surface area contributed by atoms with E-state index in [1.165, 1.54) is 61.0 Å². The van der Waals surface area contributed by atoms with Crippen molar-refractivity contribution in [3.8, 4) is 0 Å². The van der Waals surface area contributed by atoms with Gasteiger partial charge >= 0.3 is 30.9 Å². The van der Waals surface area contributed by atoms with Gasteiger partial charge in [0.1, 0.15) is 40.8 Å². The van der Waals surface area contributed by atoms with E-state index in [2.05, 4.69) is 58.4 Å². The van der Waals surface area contributed by atoms with E-state index in [-0.39, 0.29) is 106 Å². The Balaban J connectivity index is 0.000000180. The molecule has 3 aliphatic rings. The first kappa shape index (κ1) is 72.5. The molecule has 9 atom stereocenters. The average Bonchev–Trinajstić information content (AvgIpc) is 1.86. The topological polar surface area (TPSA) is 480 Å². The molecule has 0 radical (unpaired) electrons. The molecule has 30 nitrogen and oxygen atoms in total. The predicted molar refractivity (Wildman–Crippen MR) is 341 cm³/mol. The van der Waals surface area contributed by atoms with Crippen molar-refractivity contribution in [3.05, 3.63) is 154 Å². The molecular formula is C55H62Cl2N12O18S6. The molecule has 3 saturated carbocycles. The number of nitrogens with one attached hydrogen (secondary N) is 3. The summed E-state index contributed by atoms with van der Waals surface area (Å²) in [6, 6.07) is 14.4. The van der Waals surface area contributed by atoms with E-state index in [0.29, 0.717) is 75.3 Å². The van der Waals surface area contributed by atoms with Crippen LogP contribution < -0.4 is 31.4 Å². The van der Waals surface area contributed by atoms with E-state index in [0.717, 1.165) is 27.6 Å². The summed E-state index contributed by atoms with van der Waals surface area (Å²) in [6.07, 6.45) is 7.85. The monoisotopic (exact) mass is 1440 g/mol. The zero-order valence-electron chi connectivity index (χ0n) is 48.8. The van der Waals surface area contributed by atoms with Gasteiger partial charge in [0.05, 0.1) is 92.6 Å². The number of aliphatic hydroxyl groups excluding tert-OH is 4. The first-order valence-electron chi connectivity index (χ1n) is 27.8. The third kappa shape index (κ3) is 20.6. The molecular weight excluding hydrogens is 1380 g/mol. The second-order valence-electron chi connectivity index (χ2n) is 21.4. The number of anilines is 3. The van der Waals surface area contributed by atoms with Gasteiger partial charge < -0.3 is 41.1 Å². The van der Waals surface area contributed by atoms with Gasteiger partial charge in [-0.05, 0) is 62.8 Å². The highest BCUT2D eigenvalue weighted by atomic mass is 35.5. The predicted octanol–water partition coefficient (Wildman–Crippen LogP) is 3.80. The van der Waals surface area contributed by atoms with Crippen molar-refractivity contribution in [2.75, 3.05) is 42.9 Å². The Hall–Kier alpha value is -6.37. The Bertz CT molecular complexity index is 4140. The van der Waals surface area contributed by atoms with Crippen molar-refractivity contribution in [2.24, 2.45) is 33.2 Å². The third-order valence-electron chi connectivity index (χ3n) is 14.7. The summed E-state index contributed by atoms with van der Waals surface area (Å²) in [5.41, 5.74) is 1.85. The highest BCUT2D eigenvalue weighted by molar-refractivity contribution is 7.84. The molecule has 3 aliphatic carbocycles. The second-order valence-corrected chi connectivity index (χ2v) is 29.5. The molecule has 500 valence electrons. The molecule has 3 fully saturated rings. The number of thiophene rings is 3. The van der Waals surface area contributed by atoms with Gasteiger partial charge in [-0.2, -0.15) is 25.3 Å². The number of carbonyl (C=O) groups excluding carboxylic acids is 4. The lowest BCUT2D eigenvalue weighted by Gasteiger charge is -2.15. The maximum Gasteiger partial charge on any atom is 0.333 e. The molecule has 93 heavy (non-hydrogen) atoms. The molecule has 0 aliphatic heterocycles. The Labute approximate surface area is 555 Å². The van der Waals surface area contributed by atoms with Gasteiger partial charge in [0.25, 0.3) is 0 Å². The third-order valence-corrected chi connectivity index (χ3v) is 20.0. The summed E-state index contributed by atoms with van der Waals surface area (Å²) in [5.74, 6) is -1.69. The van der Waals surface area contributed by atoms with Gasteiger partial charge in [-0.3, -0.25) is 31.7 Å². The molecule has 6 aromatic heterocycles. The molecule has 38 heteroatoms. The van der Waals surface area contributed by atoms with Crippen molar-refractivity contribution in [1.82, 2.24) is 29.9 Å². The number of ketones is 4. The van der Waals surface area contributed by atoms with Crippen LogP contribution in [0.2, 0.25) is 8.67 Å². The van der Waals surface area contributed by atoms with Crippen molar-refractivity contribution in [1.29, 1.82) is 0 Å². The zero-order chi connectivity index (χ0) is 67.4. The Morgan fingerprint density at radius 2 is 0.935 bits per heavy atom. The normalized spacial score (nSPS) is 21.2. The second kappa shape index (κ2) is 32.4. The standard InChI is InChI=1S/C22H21ClN4O6S2.C17H22N4O6S2.C16H19ClN4O6S2/c23-21-15(19(29)12-4-2-1-3-5-12)8-18(34-21)20(30)16-9-25-11-26-22(16)27-14-6-13(17(28)7-14)10-33-35(24,31)32;1-26-8-12-2-3-15(28-12)16(23)13-6-19-9-20-17(13)21-11-4-10(14(22)5-11)7-27-29(18,24)25;17-15-8(5-22)2-13(28-15)14(24)11-4-19-7-20-16(11)21-10-1-9(12(23)3-10)6-27-29(18,25)26/h1-5,8-9,11,13-14,17,28H,6-7,10H2,(H2,24,31,32)(H,25,26,27);2-3,6,9-11,14,22H,4-5,7-8H2,1H3,(H2,18,24,25)(H,19,20,21);2,4,7,9-10,12,22-23H,1,3,5-6H2,(H2,18,25,26)(H,19,20,21)/t13-,14-,17+;10-,11-,14+;9-,10-,12+/m111/s1. The van der Waals surface area contributed by atoms with Crippen LogP contribution in [0.3, 0.4) is 0 Å². The van der Waals surface area contributed by atoms with Gasteiger partial charge in [0, 0.05) is 77.6 Å².